The molecule has 2 aromatic rings. The molecule has 1 fully saturated rings. The van der Waals surface area contributed by atoms with Gasteiger partial charge in [-0.3, -0.25) is 4.79 Å². The number of methoxy groups -OCH3 is 1. The molecule has 1 saturated heterocycles. The van der Waals surface area contributed by atoms with E-state index in [1.54, 1.807) is 7.11 Å². The normalized spacial score (nSPS) is 19.8. The predicted octanol–water partition coefficient (Wildman–Crippen LogP) is 2.31. The molecule has 1 unspecified atom stereocenters. The molecule has 2 aliphatic rings. The molecule has 6 nitrogen and oxygen atoms in total. The fourth-order valence-corrected chi connectivity index (χ4v) is 4.16. The lowest BCUT2D eigenvalue weighted by Crippen LogP contribution is -2.40. The van der Waals surface area contributed by atoms with Gasteiger partial charge in [-0.15, -0.1) is 0 Å². The molecule has 1 amide bonds. The van der Waals surface area contributed by atoms with E-state index >= 15 is 0 Å². The van der Waals surface area contributed by atoms with Crippen molar-refractivity contribution < 1.29 is 13.9 Å². The Kier molecular flexibility index (Phi) is 6.07. The van der Waals surface area contributed by atoms with Crippen LogP contribution in [0.25, 0.3) is 0 Å². The third kappa shape index (κ3) is 4.45. The van der Waals surface area contributed by atoms with E-state index in [1.165, 1.54) is 5.56 Å². The molecule has 4 rings (SSSR count). The molecule has 1 atom stereocenters. The van der Waals surface area contributed by atoms with Crippen LogP contribution in [0.1, 0.15) is 29.3 Å². The summed E-state index contributed by atoms with van der Waals surface area (Å²) in [6.07, 6.45) is 3.41. The van der Waals surface area contributed by atoms with Crippen LogP contribution in [0.5, 0.6) is 0 Å². The van der Waals surface area contributed by atoms with E-state index in [2.05, 4.69) is 29.2 Å². The molecule has 150 valence electrons. The lowest BCUT2D eigenvalue weighted by atomic mass is 10.1. The lowest BCUT2D eigenvalue weighted by Gasteiger charge is -2.28. The van der Waals surface area contributed by atoms with E-state index in [-0.39, 0.29) is 11.8 Å². The molecule has 0 bridgehead atoms. The first-order valence-corrected chi connectivity index (χ1v) is 10.2. The average molecular weight is 383 g/mol. The van der Waals surface area contributed by atoms with Gasteiger partial charge in [0.05, 0.1) is 19.1 Å². The maximum absolute atomic E-state index is 13.0. The number of hydrogen-bond donors (Lipinski definition) is 0. The summed E-state index contributed by atoms with van der Waals surface area (Å²) in [6.45, 7) is 4.75. The zero-order chi connectivity index (χ0) is 19.3. The third-order valence-electron chi connectivity index (χ3n) is 5.79. The summed E-state index contributed by atoms with van der Waals surface area (Å²) in [5.41, 5.74) is 2.23. The molecule has 0 saturated carbocycles. The van der Waals surface area contributed by atoms with Crippen LogP contribution in [-0.4, -0.2) is 60.6 Å². The van der Waals surface area contributed by atoms with Crippen molar-refractivity contribution in [2.75, 3.05) is 39.9 Å². The number of amides is 1. The highest BCUT2D eigenvalue weighted by Crippen LogP contribution is 2.25. The average Bonchev–Trinajstić information content (AvgIpc) is 3.37. The maximum atomic E-state index is 13.0. The Hall–Kier alpha value is -2.18. The Bertz CT molecular complexity index is 790. The fourth-order valence-electron chi connectivity index (χ4n) is 4.16. The molecule has 2 aliphatic heterocycles. The van der Waals surface area contributed by atoms with Crippen LogP contribution < -0.4 is 0 Å². The second-order valence-corrected chi connectivity index (χ2v) is 7.75. The Balaban J connectivity index is 1.32. The van der Waals surface area contributed by atoms with Gasteiger partial charge in [0.2, 0.25) is 5.91 Å². The molecule has 6 heteroatoms. The molecule has 0 spiro atoms. The number of hydrogen-bond acceptors (Lipinski definition) is 5. The maximum Gasteiger partial charge on any atom is 0.227 e. The van der Waals surface area contributed by atoms with Gasteiger partial charge in [0.1, 0.15) is 11.5 Å². The van der Waals surface area contributed by atoms with Crippen molar-refractivity contribution in [3.05, 3.63) is 53.2 Å². The second kappa shape index (κ2) is 8.88. The van der Waals surface area contributed by atoms with E-state index in [4.69, 9.17) is 14.1 Å². The number of carbonyl (C=O) groups is 1. The van der Waals surface area contributed by atoms with E-state index < -0.39 is 0 Å². The number of benzene rings is 1. The van der Waals surface area contributed by atoms with Gasteiger partial charge < -0.3 is 19.0 Å². The van der Waals surface area contributed by atoms with Crippen molar-refractivity contribution in [3.63, 3.8) is 0 Å². The first-order chi connectivity index (χ1) is 13.7. The van der Waals surface area contributed by atoms with Crippen LogP contribution in [-0.2, 0) is 35.3 Å². The monoisotopic (exact) mass is 383 g/mol. The SMILES string of the molecule is COCCN1CCC(C(=O)N2CCc3oc(CCc4ccccc4)nc3C2)C1. The van der Waals surface area contributed by atoms with Gasteiger partial charge in [-0.05, 0) is 24.9 Å². The lowest BCUT2D eigenvalue weighted by molar-refractivity contribution is -0.136. The van der Waals surface area contributed by atoms with Crippen LogP contribution in [0.2, 0.25) is 0 Å². The second-order valence-electron chi connectivity index (χ2n) is 7.75. The summed E-state index contributed by atoms with van der Waals surface area (Å²) in [6, 6.07) is 10.4. The molecular weight excluding hydrogens is 354 g/mol. The quantitative estimate of drug-likeness (QED) is 0.734. The molecule has 0 N–H and O–H groups in total. The number of aromatic nitrogens is 1. The number of carbonyl (C=O) groups excluding carboxylic acids is 1. The Morgan fingerprint density at radius 2 is 2.11 bits per heavy atom. The smallest absolute Gasteiger partial charge is 0.227 e. The highest BCUT2D eigenvalue weighted by molar-refractivity contribution is 5.79. The van der Waals surface area contributed by atoms with Crippen molar-refractivity contribution in [3.8, 4) is 0 Å². The Morgan fingerprint density at radius 1 is 1.25 bits per heavy atom. The van der Waals surface area contributed by atoms with E-state index in [1.807, 2.05) is 11.0 Å². The molecule has 28 heavy (non-hydrogen) atoms. The Morgan fingerprint density at radius 3 is 2.93 bits per heavy atom. The standard InChI is InChI=1S/C22H29N3O3/c1-27-14-13-24-11-9-18(15-24)22(26)25-12-10-20-19(16-25)23-21(28-20)8-7-17-5-3-2-4-6-17/h2-6,18H,7-16H2,1H3. The number of nitrogens with zero attached hydrogens (tertiary/aromatic N) is 3. The van der Waals surface area contributed by atoms with Crippen LogP contribution in [0.3, 0.4) is 0 Å². The summed E-state index contributed by atoms with van der Waals surface area (Å²) in [4.78, 5) is 21.9. The largest absolute Gasteiger partial charge is 0.445 e. The topological polar surface area (TPSA) is 58.8 Å². The Labute approximate surface area is 166 Å². The minimum atomic E-state index is 0.0999. The highest BCUT2D eigenvalue weighted by atomic mass is 16.5. The predicted molar refractivity (Wildman–Crippen MR) is 106 cm³/mol. The summed E-state index contributed by atoms with van der Waals surface area (Å²) in [5, 5.41) is 0. The number of oxazole rings is 1. The number of aryl methyl sites for hydroxylation is 2. The summed E-state index contributed by atoms with van der Waals surface area (Å²) in [7, 11) is 1.72. The zero-order valence-electron chi connectivity index (χ0n) is 16.6. The van der Waals surface area contributed by atoms with E-state index in [0.717, 1.165) is 75.8 Å². The summed E-state index contributed by atoms with van der Waals surface area (Å²) >= 11 is 0. The number of rotatable bonds is 7. The number of ether oxygens (including phenoxy) is 1. The van der Waals surface area contributed by atoms with Gasteiger partial charge in [-0.2, -0.15) is 0 Å². The van der Waals surface area contributed by atoms with Gasteiger partial charge in [0, 0.05) is 39.6 Å². The number of fused-ring (bicyclic) bond motifs is 1. The minimum Gasteiger partial charge on any atom is -0.445 e. The summed E-state index contributed by atoms with van der Waals surface area (Å²) < 4.78 is 11.1. The minimum absolute atomic E-state index is 0.0999. The van der Waals surface area contributed by atoms with Gasteiger partial charge in [0.15, 0.2) is 5.89 Å². The van der Waals surface area contributed by atoms with Crippen LogP contribution in [0, 0.1) is 5.92 Å². The van der Waals surface area contributed by atoms with Crippen molar-refractivity contribution in [1.82, 2.24) is 14.8 Å². The van der Waals surface area contributed by atoms with Crippen molar-refractivity contribution >= 4 is 5.91 Å². The van der Waals surface area contributed by atoms with Crippen LogP contribution in [0.4, 0.5) is 0 Å². The molecule has 0 aliphatic carbocycles. The third-order valence-corrected chi connectivity index (χ3v) is 5.79. The van der Waals surface area contributed by atoms with Crippen molar-refractivity contribution in [2.45, 2.75) is 32.2 Å². The molecule has 1 aromatic heterocycles. The van der Waals surface area contributed by atoms with Crippen LogP contribution >= 0.6 is 0 Å². The zero-order valence-corrected chi connectivity index (χ0v) is 16.6. The van der Waals surface area contributed by atoms with E-state index in [0.29, 0.717) is 6.54 Å². The van der Waals surface area contributed by atoms with Gasteiger partial charge in [0.25, 0.3) is 0 Å². The van der Waals surface area contributed by atoms with Crippen LogP contribution in [0.15, 0.2) is 34.7 Å². The first kappa shape index (κ1) is 19.2. The van der Waals surface area contributed by atoms with E-state index in [9.17, 15) is 4.79 Å². The van der Waals surface area contributed by atoms with Gasteiger partial charge in [-0.25, -0.2) is 4.98 Å². The highest BCUT2D eigenvalue weighted by Gasteiger charge is 2.33. The molecular formula is C22H29N3O3. The first-order valence-electron chi connectivity index (χ1n) is 10.2. The summed E-state index contributed by atoms with van der Waals surface area (Å²) in [5.74, 6) is 2.11. The van der Waals surface area contributed by atoms with Crippen molar-refractivity contribution in [1.29, 1.82) is 0 Å². The van der Waals surface area contributed by atoms with Crippen molar-refractivity contribution in [2.24, 2.45) is 5.92 Å². The van der Waals surface area contributed by atoms with Gasteiger partial charge >= 0.3 is 0 Å². The fraction of sp³-hybridized carbons (Fsp3) is 0.545. The number of likely N-dealkylation sites (tertiary alicyclic amines) is 1. The molecule has 1 aromatic carbocycles. The molecule has 0 radical (unpaired) electrons. The molecule has 3 heterocycles. The van der Waals surface area contributed by atoms with Gasteiger partial charge in [-0.1, -0.05) is 30.3 Å².